The fourth-order valence-electron chi connectivity index (χ4n) is 5.03. The molecule has 9 nitrogen and oxygen atoms in total. The second-order valence-corrected chi connectivity index (χ2v) is 15.4. The number of carbonyl (C=O) groups is 2. The van der Waals surface area contributed by atoms with Gasteiger partial charge in [-0.2, -0.15) is 0 Å². The Morgan fingerprint density at radius 3 is 1.71 bits per heavy atom. The van der Waals surface area contributed by atoms with Crippen LogP contribution in [-0.4, -0.2) is 70.0 Å². The number of ether oxygens (including phenoxy) is 2. The molecule has 0 heterocycles. The lowest BCUT2D eigenvalue weighted by molar-refractivity contribution is -0.870. The maximum atomic E-state index is 12.5. The number of likely N-dealkylation sites (N-methyl/N-ethyl adjacent to an activating group) is 1. The fourth-order valence-corrected chi connectivity index (χ4v) is 5.76. The van der Waals surface area contributed by atoms with Crippen LogP contribution in [0.5, 0.6) is 0 Å². The number of unbranched alkanes of at least 4 members (excludes halogenated alkanes) is 19. The standard InChI is InChI=1S/C38H72NO8P/c1-6-8-10-12-14-16-17-18-19-20-21-23-25-27-29-31-38(41)47-36(35-46-48(42,43)45-33-32-39(3,4)5)34-44-37(40)30-28-26-24-22-15-13-11-9-7-2/h25,27,29,31,36H,6-24,26,28,30,32-35H2,1-5H3/b27-25+,31-29+/t36-/m1/s1. The summed E-state index contributed by atoms with van der Waals surface area (Å²) in [5.74, 6) is -1.09. The number of esters is 2. The second kappa shape index (κ2) is 31.5. The van der Waals surface area contributed by atoms with E-state index in [9.17, 15) is 19.0 Å². The molecule has 0 aromatic carbocycles. The summed E-state index contributed by atoms with van der Waals surface area (Å²) < 4.78 is 33.5. The quantitative estimate of drug-likeness (QED) is 0.0163. The highest BCUT2D eigenvalue weighted by Gasteiger charge is 2.21. The molecule has 2 atom stereocenters. The molecule has 0 aromatic rings. The first-order chi connectivity index (χ1) is 23.0. The van der Waals surface area contributed by atoms with Crippen LogP contribution in [0.3, 0.4) is 0 Å². The van der Waals surface area contributed by atoms with Crippen molar-refractivity contribution in [1.29, 1.82) is 0 Å². The molecular formula is C38H72NO8P. The van der Waals surface area contributed by atoms with E-state index in [0.717, 1.165) is 32.1 Å². The highest BCUT2D eigenvalue weighted by molar-refractivity contribution is 7.45. The molecule has 0 fully saturated rings. The number of nitrogens with zero attached hydrogens (tertiary/aromatic N) is 1. The van der Waals surface area contributed by atoms with E-state index in [1.807, 2.05) is 33.3 Å². The van der Waals surface area contributed by atoms with Crippen LogP contribution in [0.25, 0.3) is 0 Å². The predicted octanol–water partition coefficient (Wildman–Crippen LogP) is 9.38. The molecule has 282 valence electrons. The summed E-state index contributed by atoms with van der Waals surface area (Å²) in [7, 11) is 1.11. The van der Waals surface area contributed by atoms with Crippen LogP contribution in [0.15, 0.2) is 24.3 Å². The normalized spacial score (nSPS) is 14.0. The smallest absolute Gasteiger partial charge is 0.331 e. The van der Waals surface area contributed by atoms with Crippen LogP contribution in [0.1, 0.15) is 155 Å². The zero-order valence-electron chi connectivity index (χ0n) is 31.4. The highest BCUT2D eigenvalue weighted by atomic mass is 31.2. The van der Waals surface area contributed by atoms with Crippen molar-refractivity contribution in [1.82, 2.24) is 0 Å². The third-order valence-electron chi connectivity index (χ3n) is 8.08. The van der Waals surface area contributed by atoms with Crippen LogP contribution < -0.4 is 4.89 Å². The molecule has 0 aliphatic carbocycles. The number of rotatable bonds is 34. The first-order valence-corrected chi connectivity index (χ1v) is 20.5. The molecule has 0 saturated carbocycles. The molecule has 0 N–H and O–H groups in total. The van der Waals surface area contributed by atoms with Crippen molar-refractivity contribution in [2.75, 3.05) is 47.5 Å². The zero-order chi connectivity index (χ0) is 35.8. The summed E-state index contributed by atoms with van der Waals surface area (Å²) in [4.78, 5) is 37.1. The molecule has 0 radical (unpaired) electrons. The van der Waals surface area contributed by atoms with Crippen molar-refractivity contribution in [3.05, 3.63) is 24.3 Å². The summed E-state index contributed by atoms with van der Waals surface area (Å²) in [5, 5.41) is 0. The second-order valence-electron chi connectivity index (χ2n) is 14.0. The minimum atomic E-state index is -4.64. The van der Waals surface area contributed by atoms with Crippen molar-refractivity contribution in [3.63, 3.8) is 0 Å². The van der Waals surface area contributed by atoms with E-state index in [0.29, 0.717) is 11.0 Å². The van der Waals surface area contributed by atoms with Crippen LogP contribution in [0.4, 0.5) is 0 Å². The van der Waals surface area contributed by atoms with Crippen molar-refractivity contribution in [2.45, 2.75) is 161 Å². The largest absolute Gasteiger partial charge is 0.756 e. The fraction of sp³-hybridized carbons (Fsp3) is 0.842. The van der Waals surface area contributed by atoms with Gasteiger partial charge in [-0.1, -0.05) is 148 Å². The number of hydrogen-bond acceptors (Lipinski definition) is 8. The maximum Gasteiger partial charge on any atom is 0.331 e. The Morgan fingerprint density at radius 2 is 1.19 bits per heavy atom. The van der Waals surface area contributed by atoms with Crippen molar-refractivity contribution in [2.24, 2.45) is 0 Å². The van der Waals surface area contributed by atoms with Gasteiger partial charge in [0.05, 0.1) is 27.7 Å². The predicted molar refractivity (Wildman–Crippen MR) is 194 cm³/mol. The van der Waals surface area contributed by atoms with Gasteiger partial charge < -0.3 is 27.9 Å². The van der Waals surface area contributed by atoms with Crippen LogP contribution in [0, 0.1) is 0 Å². The number of phosphoric acid groups is 1. The summed E-state index contributed by atoms with van der Waals surface area (Å²) in [5.41, 5.74) is 0. The van der Waals surface area contributed by atoms with Crippen molar-refractivity contribution in [3.8, 4) is 0 Å². The molecule has 0 saturated heterocycles. The van der Waals surface area contributed by atoms with Gasteiger partial charge in [0.2, 0.25) is 0 Å². The van der Waals surface area contributed by atoms with E-state index in [-0.39, 0.29) is 19.6 Å². The van der Waals surface area contributed by atoms with Gasteiger partial charge in [0, 0.05) is 12.5 Å². The monoisotopic (exact) mass is 701 g/mol. The topological polar surface area (TPSA) is 111 Å². The van der Waals surface area contributed by atoms with E-state index in [1.54, 1.807) is 6.08 Å². The molecule has 0 amide bonds. The van der Waals surface area contributed by atoms with Gasteiger partial charge in [-0.15, -0.1) is 0 Å². The Bertz CT molecular complexity index is 886. The molecule has 0 rings (SSSR count). The van der Waals surface area contributed by atoms with Crippen LogP contribution in [0.2, 0.25) is 0 Å². The van der Waals surface area contributed by atoms with Gasteiger partial charge in [0.15, 0.2) is 6.10 Å². The van der Waals surface area contributed by atoms with Gasteiger partial charge in [-0.25, -0.2) is 4.79 Å². The number of hydrogen-bond donors (Lipinski definition) is 0. The summed E-state index contributed by atoms with van der Waals surface area (Å²) in [6.45, 7) is 4.06. The maximum absolute atomic E-state index is 12.5. The summed E-state index contributed by atoms with van der Waals surface area (Å²) in [6, 6.07) is 0. The average Bonchev–Trinajstić information content (AvgIpc) is 3.02. The summed E-state index contributed by atoms with van der Waals surface area (Å²) >= 11 is 0. The van der Waals surface area contributed by atoms with Gasteiger partial charge in [-0.3, -0.25) is 9.36 Å². The molecular weight excluding hydrogens is 629 g/mol. The lowest BCUT2D eigenvalue weighted by Gasteiger charge is -2.28. The van der Waals surface area contributed by atoms with E-state index in [4.69, 9.17) is 18.5 Å². The van der Waals surface area contributed by atoms with Gasteiger partial charge in [0.1, 0.15) is 19.8 Å². The number of allylic oxidation sites excluding steroid dienone is 3. The lowest BCUT2D eigenvalue weighted by Crippen LogP contribution is -2.37. The minimum Gasteiger partial charge on any atom is -0.756 e. The van der Waals surface area contributed by atoms with Crippen molar-refractivity contribution >= 4 is 19.8 Å². The molecule has 48 heavy (non-hydrogen) atoms. The van der Waals surface area contributed by atoms with Crippen LogP contribution >= 0.6 is 7.82 Å². The molecule has 10 heteroatoms. The SMILES string of the molecule is CCCCCCCCCCCCC/C=C/C=C/C(=O)O[C@H](COC(=O)CCCCCCCCCCC)COP(=O)([O-])OCC[N+](C)(C)C. The number of phosphoric ester groups is 1. The van der Waals surface area contributed by atoms with E-state index in [2.05, 4.69) is 13.8 Å². The Labute approximate surface area is 294 Å². The van der Waals surface area contributed by atoms with Gasteiger partial charge in [0.25, 0.3) is 7.82 Å². The van der Waals surface area contributed by atoms with Gasteiger partial charge in [-0.05, 0) is 19.3 Å². The zero-order valence-corrected chi connectivity index (χ0v) is 32.3. The molecule has 0 bridgehead atoms. The Balaban J connectivity index is 4.54. The number of carbonyl (C=O) groups excluding carboxylic acids is 2. The Kier molecular flexibility index (Phi) is 30.5. The summed E-state index contributed by atoms with van der Waals surface area (Å²) in [6.07, 6.45) is 31.3. The molecule has 0 aliphatic heterocycles. The lowest BCUT2D eigenvalue weighted by atomic mass is 10.1. The number of quaternary nitrogens is 1. The van der Waals surface area contributed by atoms with E-state index < -0.39 is 32.5 Å². The van der Waals surface area contributed by atoms with Gasteiger partial charge >= 0.3 is 11.9 Å². The first kappa shape index (κ1) is 46.5. The third kappa shape index (κ3) is 34.4. The van der Waals surface area contributed by atoms with Crippen LogP contribution in [-0.2, 0) is 32.7 Å². The molecule has 1 unspecified atom stereocenters. The molecule has 0 aliphatic rings. The molecule has 0 spiro atoms. The highest BCUT2D eigenvalue weighted by Crippen LogP contribution is 2.38. The molecule has 0 aromatic heterocycles. The minimum absolute atomic E-state index is 0.0449. The Hall–Kier alpha value is -1.51. The third-order valence-corrected chi connectivity index (χ3v) is 9.05. The average molecular weight is 702 g/mol. The van der Waals surface area contributed by atoms with E-state index >= 15 is 0 Å². The van der Waals surface area contributed by atoms with Crippen molar-refractivity contribution < 1.29 is 42.1 Å². The Morgan fingerprint density at radius 1 is 0.688 bits per heavy atom. The first-order valence-electron chi connectivity index (χ1n) is 19.1. The van der Waals surface area contributed by atoms with E-state index in [1.165, 1.54) is 109 Å².